The summed E-state index contributed by atoms with van der Waals surface area (Å²) in [6.45, 7) is 5.07. The molecule has 0 atom stereocenters. The van der Waals surface area contributed by atoms with E-state index in [9.17, 15) is 9.90 Å². The molecule has 0 saturated heterocycles. The van der Waals surface area contributed by atoms with Gasteiger partial charge in [-0.15, -0.1) is 10.2 Å². The lowest BCUT2D eigenvalue weighted by atomic mass is 10.1. The van der Waals surface area contributed by atoms with Gasteiger partial charge in [0.15, 0.2) is 5.69 Å². The second kappa shape index (κ2) is 10.2. The summed E-state index contributed by atoms with van der Waals surface area (Å²) in [7, 11) is 0. The van der Waals surface area contributed by atoms with Crippen LogP contribution < -0.4 is 0 Å². The molecule has 0 radical (unpaired) electrons. The Morgan fingerprint density at radius 1 is 0.833 bits per heavy atom. The molecule has 3 heterocycles. The fraction of sp³-hybridized carbons (Fsp3) is 0.118. The lowest BCUT2D eigenvalue weighted by Gasteiger charge is -2.05. The Bertz CT molecular complexity index is 2140. The molecule has 8 heteroatoms. The number of rotatable bonds is 6. The highest BCUT2D eigenvalue weighted by atomic mass is 16.3. The van der Waals surface area contributed by atoms with Gasteiger partial charge in [-0.1, -0.05) is 84.4 Å². The van der Waals surface area contributed by atoms with Crippen molar-refractivity contribution in [3.8, 4) is 17.1 Å². The zero-order valence-electron chi connectivity index (χ0n) is 23.3. The Morgan fingerprint density at radius 2 is 1.52 bits per heavy atom. The second-order valence-corrected chi connectivity index (χ2v) is 10.3. The van der Waals surface area contributed by atoms with E-state index in [4.69, 9.17) is 4.98 Å². The van der Waals surface area contributed by atoms with Crippen LogP contribution >= 0.6 is 0 Å². The Kier molecular flexibility index (Phi) is 6.16. The summed E-state index contributed by atoms with van der Waals surface area (Å²) in [6.07, 6.45) is 0. The first kappa shape index (κ1) is 25.5. The van der Waals surface area contributed by atoms with Crippen molar-refractivity contribution in [1.82, 2.24) is 18.5 Å². The van der Waals surface area contributed by atoms with Gasteiger partial charge in [0.25, 0.3) is 0 Å². The van der Waals surface area contributed by atoms with Crippen molar-refractivity contribution >= 4 is 39.3 Å². The molecular formula is C34H28N6O2. The van der Waals surface area contributed by atoms with Crippen LogP contribution in [0.15, 0.2) is 113 Å². The molecule has 7 aromatic rings. The van der Waals surface area contributed by atoms with Gasteiger partial charge in [0.05, 0.1) is 23.1 Å². The molecule has 0 bridgehead atoms. The van der Waals surface area contributed by atoms with Crippen LogP contribution in [0.4, 0.5) is 5.69 Å². The summed E-state index contributed by atoms with van der Waals surface area (Å²) in [4.78, 5) is 19.1. The Hall–Kier alpha value is -5.50. The minimum atomic E-state index is -0.548. The zero-order valence-corrected chi connectivity index (χ0v) is 23.3. The number of benzene rings is 4. The molecule has 0 saturated carbocycles. The summed E-state index contributed by atoms with van der Waals surface area (Å²) >= 11 is 0. The first-order valence-electron chi connectivity index (χ1n) is 13.9. The van der Waals surface area contributed by atoms with Gasteiger partial charge in [-0.3, -0.25) is 9.20 Å². The predicted molar refractivity (Wildman–Crippen MR) is 165 cm³/mol. The molecule has 0 spiro atoms. The van der Waals surface area contributed by atoms with Crippen LogP contribution in [-0.2, 0) is 13.1 Å². The van der Waals surface area contributed by atoms with Crippen molar-refractivity contribution in [2.75, 3.05) is 0 Å². The maximum atomic E-state index is 14.1. The number of azo groups is 1. The maximum Gasteiger partial charge on any atom is 0.314 e. The van der Waals surface area contributed by atoms with Crippen LogP contribution in [0.3, 0.4) is 0 Å². The summed E-state index contributed by atoms with van der Waals surface area (Å²) in [5.41, 5.74) is 6.70. The average Bonchev–Trinajstić information content (AvgIpc) is 3.64. The predicted octanol–water partition coefficient (Wildman–Crippen LogP) is 7.92. The number of carbonyl (C=O) groups excluding carboxylic acids is 1. The molecular weight excluding hydrogens is 524 g/mol. The molecule has 0 aliphatic rings. The van der Waals surface area contributed by atoms with Crippen LogP contribution in [0, 0.1) is 6.92 Å². The molecule has 7 rings (SSSR count). The molecule has 4 aromatic carbocycles. The van der Waals surface area contributed by atoms with E-state index in [-0.39, 0.29) is 11.6 Å². The van der Waals surface area contributed by atoms with Crippen molar-refractivity contribution < 1.29 is 9.90 Å². The fourth-order valence-electron chi connectivity index (χ4n) is 5.72. The molecule has 0 aliphatic heterocycles. The number of hydrogen-bond acceptors (Lipinski definition) is 4. The Balaban J connectivity index is 1.44. The van der Waals surface area contributed by atoms with Gasteiger partial charge in [0.1, 0.15) is 11.4 Å². The zero-order chi connectivity index (χ0) is 28.8. The second-order valence-electron chi connectivity index (χ2n) is 10.3. The van der Waals surface area contributed by atoms with E-state index >= 15 is 0 Å². The minimum absolute atomic E-state index is 0.0178. The molecule has 1 amide bonds. The summed E-state index contributed by atoms with van der Waals surface area (Å²) in [6, 6.07) is 33.7. The first-order chi connectivity index (χ1) is 20.5. The number of aromatic hydroxyl groups is 1. The quantitative estimate of drug-likeness (QED) is 0.213. The number of hydrogen-bond donors (Lipinski definition) is 1. The van der Waals surface area contributed by atoms with Gasteiger partial charge in [-0.05, 0) is 43.7 Å². The molecule has 8 nitrogen and oxygen atoms in total. The number of nitrogens with zero attached hydrogens (tertiary/aromatic N) is 6. The van der Waals surface area contributed by atoms with E-state index in [2.05, 4.69) is 26.9 Å². The summed E-state index contributed by atoms with van der Waals surface area (Å²) < 4.78 is 5.76. The van der Waals surface area contributed by atoms with E-state index in [0.717, 1.165) is 38.6 Å². The van der Waals surface area contributed by atoms with Gasteiger partial charge in [-0.25, -0.2) is 4.98 Å². The van der Waals surface area contributed by atoms with Crippen LogP contribution in [0.2, 0.25) is 0 Å². The van der Waals surface area contributed by atoms with Crippen LogP contribution in [-0.4, -0.2) is 29.5 Å². The summed E-state index contributed by atoms with van der Waals surface area (Å²) in [5.74, 6) is 0.0720. The number of aromatic nitrogens is 4. The third kappa shape index (κ3) is 4.07. The van der Waals surface area contributed by atoms with Crippen LogP contribution in [0.25, 0.3) is 39.0 Å². The van der Waals surface area contributed by atoms with E-state index in [1.165, 1.54) is 0 Å². The SMILES string of the molecule is CCn1c(O)c(N=NC(=O)c2c(-c3ccccc3)nc3n(Cc4ccccc4)c4ccccc4n23)c2cc(C)ccc21. The molecule has 42 heavy (non-hydrogen) atoms. The molecule has 3 aromatic heterocycles. The lowest BCUT2D eigenvalue weighted by molar-refractivity contribution is 0.0990. The smallest absolute Gasteiger partial charge is 0.314 e. The number of fused-ring (bicyclic) bond motifs is 4. The van der Waals surface area contributed by atoms with Crippen molar-refractivity contribution in [3.63, 3.8) is 0 Å². The number of carbonyl (C=O) groups is 1. The lowest BCUT2D eigenvalue weighted by Crippen LogP contribution is -2.02. The first-order valence-corrected chi connectivity index (χ1v) is 13.9. The van der Waals surface area contributed by atoms with Crippen LogP contribution in [0.5, 0.6) is 5.88 Å². The normalized spacial score (nSPS) is 11.9. The summed E-state index contributed by atoms with van der Waals surface area (Å²) in [5, 5.41) is 20.3. The fourth-order valence-corrected chi connectivity index (χ4v) is 5.72. The van der Waals surface area contributed by atoms with Crippen molar-refractivity contribution in [3.05, 3.63) is 120 Å². The van der Waals surface area contributed by atoms with Gasteiger partial charge in [-0.2, -0.15) is 0 Å². The standard InChI is InChI=1S/C34H28N6O2/c1-3-38-26-19-18-22(2)20-25(26)30(33(38)42)36-37-32(41)31-29(24-14-8-5-9-15-24)35-34-39(21-23-12-6-4-7-13-23)27-16-10-11-17-28(27)40(31)34/h4-20,42H,3,21H2,1-2H3. The Morgan fingerprint density at radius 3 is 2.26 bits per heavy atom. The van der Waals surface area contributed by atoms with Crippen molar-refractivity contribution in [2.45, 2.75) is 26.9 Å². The average molecular weight is 553 g/mol. The van der Waals surface area contributed by atoms with Crippen LogP contribution in [0.1, 0.15) is 28.5 Å². The third-order valence-electron chi connectivity index (χ3n) is 7.67. The molecule has 1 N–H and O–H groups in total. The van der Waals surface area contributed by atoms with E-state index < -0.39 is 5.91 Å². The molecule has 0 aliphatic carbocycles. The molecule has 0 unspecified atom stereocenters. The third-order valence-corrected chi connectivity index (χ3v) is 7.67. The number of imidazole rings is 2. The highest BCUT2D eigenvalue weighted by Crippen LogP contribution is 2.40. The van der Waals surface area contributed by atoms with Gasteiger partial charge >= 0.3 is 5.91 Å². The highest BCUT2D eigenvalue weighted by molar-refractivity contribution is 6.03. The maximum absolute atomic E-state index is 14.1. The van der Waals surface area contributed by atoms with Gasteiger partial charge in [0, 0.05) is 17.5 Å². The topological polar surface area (TPSA) is 89.2 Å². The minimum Gasteiger partial charge on any atom is -0.493 e. The monoisotopic (exact) mass is 552 g/mol. The van der Waals surface area contributed by atoms with Crippen molar-refractivity contribution in [1.29, 1.82) is 0 Å². The largest absolute Gasteiger partial charge is 0.493 e. The molecule has 206 valence electrons. The molecule has 0 fully saturated rings. The van der Waals surface area contributed by atoms with Crippen molar-refractivity contribution in [2.24, 2.45) is 10.2 Å². The van der Waals surface area contributed by atoms with Gasteiger partial charge < -0.3 is 14.2 Å². The number of para-hydroxylation sites is 2. The highest BCUT2D eigenvalue weighted by Gasteiger charge is 2.26. The van der Waals surface area contributed by atoms with Gasteiger partial charge in [0.2, 0.25) is 11.7 Å². The van der Waals surface area contributed by atoms with E-state index in [1.807, 2.05) is 109 Å². The Labute approximate surface area is 241 Å². The van der Waals surface area contributed by atoms with E-state index in [0.29, 0.717) is 30.3 Å². The number of aryl methyl sites for hydroxylation is 2. The number of amides is 1. The van der Waals surface area contributed by atoms with E-state index in [1.54, 1.807) is 4.57 Å².